The lowest BCUT2D eigenvalue weighted by atomic mass is 9.85. The number of benzene rings is 2. The number of furan rings is 1. The van der Waals surface area contributed by atoms with Gasteiger partial charge < -0.3 is 19.6 Å². The summed E-state index contributed by atoms with van der Waals surface area (Å²) in [5.41, 5.74) is -3.65. The van der Waals surface area contributed by atoms with Crippen LogP contribution in [0.2, 0.25) is 5.22 Å². The number of aliphatic carboxylic acids is 1. The highest BCUT2D eigenvalue weighted by molar-refractivity contribution is 6.28. The second-order valence-electron chi connectivity index (χ2n) is 12.5. The highest BCUT2D eigenvalue weighted by atomic mass is 35.5. The Morgan fingerprint density at radius 2 is 1.74 bits per heavy atom. The van der Waals surface area contributed by atoms with Crippen molar-refractivity contribution in [2.24, 2.45) is 0 Å². The van der Waals surface area contributed by atoms with Crippen LogP contribution in [0.3, 0.4) is 0 Å². The number of likely N-dealkylation sites (tertiary alicyclic amines) is 1. The van der Waals surface area contributed by atoms with Gasteiger partial charge >= 0.3 is 17.8 Å². The molecule has 10 nitrogen and oxygen atoms in total. The maximum atomic E-state index is 15.2. The van der Waals surface area contributed by atoms with Crippen LogP contribution in [0.4, 0.5) is 17.6 Å². The summed E-state index contributed by atoms with van der Waals surface area (Å²) in [6, 6.07) is 14.3. The van der Waals surface area contributed by atoms with Crippen LogP contribution >= 0.6 is 11.6 Å². The van der Waals surface area contributed by atoms with Crippen LogP contribution in [0.25, 0.3) is 0 Å². The smallest absolute Gasteiger partial charge is 0.416 e. The number of nitrogens with zero attached hydrogens (tertiary/aromatic N) is 3. The van der Waals surface area contributed by atoms with Crippen molar-refractivity contribution in [1.82, 2.24) is 19.4 Å². The molecular weight excluding hydrogens is 684 g/mol. The van der Waals surface area contributed by atoms with Crippen molar-refractivity contribution in [3.8, 4) is 0 Å². The van der Waals surface area contributed by atoms with E-state index in [0.717, 1.165) is 27.3 Å². The molecular formula is C35H35ClF4N4O6. The lowest BCUT2D eigenvalue weighted by molar-refractivity contribution is -0.138. The van der Waals surface area contributed by atoms with Gasteiger partial charge in [-0.15, -0.1) is 0 Å². The summed E-state index contributed by atoms with van der Waals surface area (Å²) in [5.74, 6) is -1.46. The molecule has 2 aromatic heterocycles. The summed E-state index contributed by atoms with van der Waals surface area (Å²) in [5, 5.41) is 12.6. The molecule has 15 heteroatoms. The molecule has 1 fully saturated rings. The number of carbonyl (C=O) groups is 1. The highest BCUT2D eigenvalue weighted by Gasteiger charge is 2.47. The van der Waals surface area contributed by atoms with Gasteiger partial charge in [-0.25, -0.2) is 9.18 Å². The van der Waals surface area contributed by atoms with Crippen molar-refractivity contribution in [2.45, 2.75) is 69.7 Å². The van der Waals surface area contributed by atoms with E-state index in [4.69, 9.17) is 25.9 Å². The number of halogens is 5. The molecule has 6 rings (SSSR count). The third-order valence-corrected chi connectivity index (χ3v) is 9.62. The maximum Gasteiger partial charge on any atom is 0.416 e. The van der Waals surface area contributed by atoms with Crippen LogP contribution < -0.4 is 16.6 Å². The predicted molar refractivity (Wildman–Crippen MR) is 174 cm³/mol. The maximum absolute atomic E-state index is 15.2. The Morgan fingerprint density at radius 3 is 2.40 bits per heavy atom. The molecule has 1 spiro atoms. The molecule has 2 aliphatic heterocycles. The molecule has 0 amide bonds. The van der Waals surface area contributed by atoms with E-state index in [9.17, 15) is 27.6 Å². The molecule has 0 radical (unpaired) electrons. The number of nitrogens with one attached hydrogen (secondary N) is 1. The fraction of sp³-hybridized carbons (Fsp3) is 0.400. The first-order valence-corrected chi connectivity index (χ1v) is 16.6. The molecule has 0 unspecified atom stereocenters. The van der Waals surface area contributed by atoms with Gasteiger partial charge in [0.1, 0.15) is 17.2 Å². The third-order valence-electron chi connectivity index (χ3n) is 9.41. The number of rotatable bonds is 12. The van der Waals surface area contributed by atoms with E-state index in [1.54, 1.807) is 42.5 Å². The van der Waals surface area contributed by atoms with E-state index >= 15 is 4.39 Å². The first-order valence-electron chi connectivity index (χ1n) is 16.2. The van der Waals surface area contributed by atoms with Crippen molar-refractivity contribution >= 4 is 17.6 Å². The SMILES string of the molecule is O=C(O)CCCN[C@@H](Cn1c(=O)c2c(n(Cc3c(F)cccc3C(F)(F)F)c1=O)COC21CCN(Cc2ccc(Cl)o2)CC1)c1ccccc1. The lowest BCUT2D eigenvalue weighted by Gasteiger charge is -2.38. The average Bonchev–Trinajstić information content (AvgIpc) is 3.66. The van der Waals surface area contributed by atoms with E-state index in [-0.39, 0.29) is 49.0 Å². The van der Waals surface area contributed by atoms with Crippen molar-refractivity contribution < 1.29 is 36.6 Å². The predicted octanol–water partition coefficient (Wildman–Crippen LogP) is 5.68. The molecule has 2 aromatic carbocycles. The number of carboxylic acids is 1. The van der Waals surface area contributed by atoms with Gasteiger partial charge in [-0.2, -0.15) is 13.2 Å². The van der Waals surface area contributed by atoms with Gasteiger partial charge in [0, 0.05) is 25.1 Å². The zero-order valence-corrected chi connectivity index (χ0v) is 27.6. The second-order valence-corrected chi connectivity index (χ2v) is 12.9. The number of fused-ring (bicyclic) bond motifs is 2. The van der Waals surface area contributed by atoms with Gasteiger partial charge in [-0.3, -0.25) is 23.6 Å². The zero-order valence-electron chi connectivity index (χ0n) is 26.8. The van der Waals surface area contributed by atoms with E-state index in [0.29, 0.717) is 43.8 Å². The molecule has 2 aliphatic rings. The Balaban J connectivity index is 1.42. The molecule has 266 valence electrons. The summed E-state index contributed by atoms with van der Waals surface area (Å²) in [6.07, 6.45) is -4.06. The van der Waals surface area contributed by atoms with Crippen molar-refractivity contribution in [3.63, 3.8) is 0 Å². The summed E-state index contributed by atoms with van der Waals surface area (Å²) < 4.78 is 71.3. The first kappa shape index (κ1) is 35.6. The monoisotopic (exact) mass is 718 g/mol. The summed E-state index contributed by atoms with van der Waals surface area (Å²) in [4.78, 5) is 42.0. The minimum absolute atomic E-state index is 0.103. The number of carboxylic acid groups (broad SMARTS) is 1. The molecule has 1 saturated heterocycles. The number of alkyl halides is 3. The minimum Gasteiger partial charge on any atom is -0.481 e. The molecule has 50 heavy (non-hydrogen) atoms. The number of hydrogen-bond acceptors (Lipinski definition) is 7. The molecule has 4 aromatic rings. The van der Waals surface area contributed by atoms with Crippen LogP contribution in [0.5, 0.6) is 0 Å². The largest absolute Gasteiger partial charge is 0.481 e. The first-order chi connectivity index (χ1) is 23.9. The number of ether oxygens (including phenoxy) is 1. The fourth-order valence-corrected chi connectivity index (χ4v) is 7.05. The molecule has 0 saturated carbocycles. The Kier molecular flexibility index (Phi) is 10.4. The van der Waals surface area contributed by atoms with E-state index in [1.807, 2.05) is 0 Å². The molecule has 4 heterocycles. The van der Waals surface area contributed by atoms with Gasteiger partial charge in [0.15, 0.2) is 5.22 Å². The topological polar surface area (TPSA) is 119 Å². The Hall–Kier alpha value is -4.24. The highest BCUT2D eigenvalue weighted by Crippen LogP contribution is 2.43. The van der Waals surface area contributed by atoms with Crippen LogP contribution in [-0.2, 0) is 47.5 Å². The molecule has 1 atom stereocenters. The molecule has 0 aliphatic carbocycles. The molecule has 0 bridgehead atoms. The number of aromatic nitrogens is 2. The van der Waals surface area contributed by atoms with Gasteiger partial charge in [0.25, 0.3) is 5.56 Å². The number of piperidine rings is 1. The second kappa shape index (κ2) is 14.5. The van der Waals surface area contributed by atoms with Gasteiger partial charge in [-0.05, 0) is 67.2 Å². The van der Waals surface area contributed by atoms with Gasteiger partial charge in [-0.1, -0.05) is 36.4 Å². The van der Waals surface area contributed by atoms with Crippen LogP contribution in [-0.4, -0.2) is 44.7 Å². The number of hydrogen-bond donors (Lipinski definition) is 2. The van der Waals surface area contributed by atoms with E-state index in [2.05, 4.69) is 10.2 Å². The van der Waals surface area contributed by atoms with E-state index in [1.165, 1.54) is 0 Å². The quantitative estimate of drug-likeness (QED) is 0.142. The van der Waals surface area contributed by atoms with Crippen LogP contribution in [0, 0.1) is 5.82 Å². The molecule has 2 N–H and O–H groups in total. The van der Waals surface area contributed by atoms with Crippen LogP contribution in [0.1, 0.15) is 65.4 Å². The average molecular weight is 719 g/mol. The summed E-state index contributed by atoms with van der Waals surface area (Å²) in [7, 11) is 0. The minimum atomic E-state index is -4.90. The van der Waals surface area contributed by atoms with E-state index < -0.39 is 58.5 Å². The van der Waals surface area contributed by atoms with Gasteiger partial charge in [0.2, 0.25) is 0 Å². The van der Waals surface area contributed by atoms with Crippen molar-refractivity contribution in [3.05, 3.63) is 126 Å². The normalized spacial score (nSPS) is 16.5. The van der Waals surface area contributed by atoms with Crippen LogP contribution in [0.15, 0.2) is 74.7 Å². The lowest BCUT2D eigenvalue weighted by Crippen LogP contribution is -2.50. The Labute approximate surface area is 288 Å². The Morgan fingerprint density at radius 1 is 1.00 bits per heavy atom. The Bertz CT molecular complexity index is 1970. The zero-order chi connectivity index (χ0) is 35.6. The third kappa shape index (κ3) is 7.43. The van der Waals surface area contributed by atoms with Gasteiger partial charge in [0.05, 0.1) is 49.1 Å². The van der Waals surface area contributed by atoms with Crippen molar-refractivity contribution in [1.29, 1.82) is 0 Å². The summed E-state index contributed by atoms with van der Waals surface area (Å²) in [6.45, 7) is 0.411. The van der Waals surface area contributed by atoms with Crippen molar-refractivity contribution in [2.75, 3.05) is 19.6 Å². The standard InChI is InChI=1S/C35H35ClF4N4O6/c36-29-12-11-23(50-29)18-42-16-13-34(14-17-42)31-28(21-49-34)43(19-24-25(35(38,39)40)8-4-9-26(24)37)33(48)44(32(31)47)20-27(22-6-2-1-3-7-22)41-15-5-10-30(45)46/h1-4,6-9,11-12,27,41H,5,10,13-21H2,(H,45,46)/t27-/m0/s1. The fourth-order valence-electron chi connectivity index (χ4n) is 6.89. The summed E-state index contributed by atoms with van der Waals surface area (Å²) >= 11 is 5.93.